The Balaban J connectivity index is 1.54. The van der Waals surface area contributed by atoms with E-state index in [2.05, 4.69) is 29.2 Å². The molecule has 1 aliphatic rings. The van der Waals surface area contributed by atoms with Gasteiger partial charge in [0, 0.05) is 25.2 Å². The number of benzene rings is 2. The highest BCUT2D eigenvalue weighted by Gasteiger charge is 2.23. The first-order valence-electron chi connectivity index (χ1n) is 8.01. The summed E-state index contributed by atoms with van der Waals surface area (Å²) in [4.78, 5) is 13.3. The Labute approximate surface area is 136 Å². The molecule has 0 spiro atoms. The smallest absolute Gasteiger partial charge is 0.217 e. The Bertz CT molecular complexity index is 640. The first-order valence-corrected chi connectivity index (χ1v) is 8.01. The first kappa shape index (κ1) is 15.4. The second kappa shape index (κ2) is 7.18. The van der Waals surface area contributed by atoms with Gasteiger partial charge in [0.05, 0.1) is 0 Å². The second-order valence-electron chi connectivity index (χ2n) is 6.04. The lowest BCUT2D eigenvalue weighted by Crippen LogP contribution is -2.22. The van der Waals surface area contributed by atoms with Crippen LogP contribution >= 0.6 is 0 Å². The molecule has 1 saturated heterocycles. The van der Waals surface area contributed by atoms with Crippen molar-refractivity contribution in [3.8, 4) is 5.75 Å². The standard InChI is InChI=1S/C19H22N2O2/c20-19(22)12-16-10-11-21(13-16)17-6-8-18(9-7-17)23-14-15-4-2-1-3-5-15/h1-9,16H,10-14H2,(H2,20,22)/t16-/m0/s1. The number of hydrogen-bond donors (Lipinski definition) is 1. The van der Waals surface area contributed by atoms with E-state index in [4.69, 9.17) is 10.5 Å². The van der Waals surface area contributed by atoms with Crippen LogP contribution in [0.15, 0.2) is 54.6 Å². The number of hydrogen-bond acceptors (Lipinski definition) is 3. The number of ether oxygens (including phenoxy) is 1. The van der Waals surface area contributed by atoms with E-state index in [0.29, 0.717) is 18.9 Å². The van der Waals surface area contributed by atoms with Crippen molar-refractivity contribution >= 4 is 11.6 Å². The molecular weight excluding hydrogens is 288 g/mol. The van der Waals surface area contributed by atoms with E-state index in [1.807, 2.05) is 30.3 Å². The fraction of sp³-hybridized carbons (Fsp3) is 0.316. The summed E-state index contributed by atoms with van der Waals surface area (Å²) in [5, 5.41) is 0. The van der Waals surface area contributed by atoms with Gasteiger partial charge in [-0.15, -0.1) is 0 Å². The number of anilines is 1. The molecule has 4 heteroatoms. The number of rotatable bonds is 6. The molecule has 0 unspecified atom stereocenters. The monoisotopic (exact) mass is 310 g/mol. The molecule has 1 heterocycles. The summed E-state index contributed by atoms with van der Waals surface area (Å²) in [6.45, 7) is 2.44. The maximum Gasteiger partial charge on any atom is 0.217 e. The molecule has 0 radical (unpaired) electrons. The SMILES string of the molecule is NC(=O)C[C@@H]1CCN(c2ccc(OCc3ccccc3)cc2)C1. The number of carbonyl (C=O) groups is 1. The van der Waals surface area contributed by atoms with E-state index in [-0.39, 0.29) is 5.91 Å². The van der Waals surface area contributed by atoms with Crippen molar-refractivity contribution in [1.29, 1.82) is 0 Å². The van der Waals surface area contributed by atoms with Crippen LogP contribution in [0.3, 0.4) is 0 Å². The van der Waals surface area contributed by atoms with E-state index in [0.717, 1.165) is 30.8 Å². The molecule has 0 saturated carbocycles. The van der Waals surface area contributed by atoms with Gasteiger partial charge in [-0.2, -0.15) is 0 Å². The molecule has 1 atom stereocenters. The van der Waals surface area contributed by atoms with Crippen LogP contribution in [0.2, 0.25) is 0 Å². The summed E-state index contributed by atoms with van der Waals surface area (Å²) in [6.07, 6.45) is 1.50. The zero-order valence-electron chi connectivity index (χ0n) is 13.2. The van der Waals surface area contributed by atoms with Crippen molar-refractivity contribution in [2.24, 2.45) is 11.7 Å². The van der Waals surface area contributed by atoms with Crippen molar-refractivity contribution in [2.45, 2.75) is 19.4 Å². The molecule has 120 valence electrons. The molecule has 1 amide bonds. The zero-order valence-corrected chi connectivity index (χ0v) is 13.2. The van der Waals surface area contributed by atoms with Crippen molar-refractivity contribution in [2.75, 3.05) is 18.0 Å². The van der Waals surface area contributed by atoms with Crippen molar-refractivity contribution in [3.63, 3.8) is 0 Å². The summed E-state index contributed by atoms with van der Waals surface area (Å²) < 4.78 is 5.80. The second-order valence-corrected chi connectivity index (χ2v) is 6.04. The van der Waals surface area contributed by atoms with E-state index in [1.54, 1.807) is 0 Å². The van der Waals surface area contributed by atoms with Crippen LogP contribution in [0.25, 0.3) is 0 Å². The molecule has 2 N–H and O–H groups in total. The van der Waals surface area contributed by atoms with Crippen molar-refractivity contribution < 1.29 is 9.53 Å². The van der Waals surface area contributed by atoms with Crippen LogP contribution in [0.4, 0.5) is 5.69 Å². The summed E-state index contributed by atoms with van der Waals surface area (Å²) in [6, 6.07) is 18.3. The Kier molecular flexibility index (Phi) is 4.81. The minimum Gasteiger partial charge on any atom is -0.489 e. The highest BCUT2D eigenvalue weighted by atomic mass is 16.5. The zero-order chi connectivity index (χ0) is 16.1. The predicted octanol–water partition coefficient (Wildman–Crippen LogP) is 2.97. The fourth-order valence-corrected chi connectivity index (χ4v) is 3.01. The molecule has 0 bridgehead atoms. The lowest BCUT2D eigenvalue weighted by molar-refractivity contribution is -0.118. The average Bonchev–Trinajstić information content (AvgIpc) is 3.02. The van der Waals surface area contributed by atoms with Gasteiger partial charge in [-0.3, -0.25) is 4.79 Å². The summed E-state index contributed by atoms with van der Waals surface area (Å²) in [7, 11) is 0. The molecule has 2 aromatic rings. The number of nitrogens with two attached hydrogens (primary N) is 1. The summed E-state index contributed by atoms with van der Waals surface area (Å²) >= 11 is 0. The number of nitrogens with zero attached hydrogens (tertiary/aromatic N) is 1. The van der Waals surface area contributed by atoms with Gasteiger partial charge < -0.3 is 15.4 Å². The Morgan fingerprint density at radius 1 is 1.13 bits per heavy atom. The van der Waals surface area contributed by atoms with Crippen LogP contribution in [0.5, 0.6) is 5.75 Å². The Hall–Kier alpha value is -2.49. The molecule has 0 aliphatic carbocycles. The number of primary amides is 1. The van der Waals surface area contributed by atoms with Gasteiger partial charge in [0.15, 0.2) is 0 Å². The van der Waals surface area contributed by atoms with Gasteiger partial charge in [-0.1, -0.05) is 30.3 Å². The number of amides is 1. The molecular formula is C19H22N2O2. The lowest BCUT2D eigenvalue weighted by atomic mass is 10.1. The van der Waals surface area contributed by atoms with Crippen LogP contribution < -0.4 is 15.4 Å². The maximum absolute atomic E-state index is 11.0. The van der Waals surface area contributed by atoms with Gasteiger partial charge in [-0.05, 0) is 42.2 Å². The average molecular weight is 310 g/mol. The third-order valence-corrected chi connectivity index (χ3v) is 4.23. The Morgan fingerprint density at radius 3 is 2.57 bits per heavy atom. The van der Waals surface area contributed by atoms with Crippen LogP contribution in [-0.2, 0) is 11.4 Å². The van der Waals surface area contributed by atoms with E-state index in [1.165, 1.54) is 5.69 Å². The molecule has 4 nitrogen and oxygen atoms in total. The molecule has 1 fully saturated rings. The Morgan fingerprint density at radius 2 is 1.87 bits per heavy atom. The van der Waals surface area contributed by atoms with Gasteiger partial charge >= 0.3 is 0 Å². The number of carbonyl (C=O) groups excluding carboxylic acids is 1. The van der Waals surface area contributed by atoms with Gasteiger partial charge in [0.2, 0.25) is 5.91 Å². The largest absolute Gasteiger partial charge is 0.489 e. The molecule has 2 aromatic carbocycles. The van der Waals surface area contributed by atoms with E-state index in [9.17, 15) is 4.79 Å². The minimum absolute atomic E-state index is 0.207. The maximum atomic E-state index is 11.0. The lowest BCUT2D eigenvalue weighted by Gasteiger charge is -2.19. The third kappa shape index (κ3) is 4.25. The van der Waals surface area contributed by atoms with Gasteiger partial charge in [-0.25, -0.2) is 0 Å². The highest BCUT2D eigenvalue weighted by Crippen LogP contribution is 2.27. The van der Waals surface area contributed by atoms with Crippen molar-refractivity contribution in [3.05, 3.63) is 60.2 Å². The van der Waals surface area contributed by atoms with E-state index < -0.39 is 0 Å². The first-order chi connectivity index (χ1) is 11.2. The highest BCUT2D eigenvalue weighted by molar-refractivity contribution is 5.74. The third-order valence-electron chi connectivity index (χ3n) is 4.23. The molecule has 1 aliphatic heterocycles. The molecule has 23 heavy (non-hydrogen) atoms. The van der Waals surface area contributed by atoms with E-state index >= 15 is 0 Å². The van der Waals surface area contributed by atoms with Gasteiger partial charge in [0.1, 0.15) is 12.4 Å². The molecule has 0 aromatic heterocycles. The topological polar surface area (TPSA) is 55.6 Å². The van der Waals surface area contributed by atoms with Crippen LogP contribution in [-0.4, -0.2) is 19.0 Å². The van der Waals surface area contributed by atoms with Crippen molar-refractivity contribution in [1.82, 2.24) is 0 Å². The predicted molar refractivity (Wildman–Crippen MR) is 91.3 cm³/mol. The quantitative estimate of drug-likeness (QED) is 0.892. The molecule has 3 rings (SSSR count). The normalized spacial score (nSPS) is 17.2. The minimum atomic E-state index is -0.207. The fourth-order valence-electron chi connectivity index (χ4n) is 3.01. The summed E-state index contributed by atoms with van der Waals surface area (Å²) in [5.41, 5.74) is 7.61. The van der Waals surface area contributed by atoms with Gasteiger partial charge in [0.25, 0.3) is 0 Å². The van der Waals surface area contributed by atoms with Crippen LogP contribution in [0.1, 0.15) is 18.4 Å². The van der Waals surface area contributed by atoms with Crippen LogP contribution in [0, 0.1) is 5.92 Å². The summed E-state index contributed by atoms with van der Waals surface area (Å²) in [5.74, 6) is 1.04.